The molecule has 11 nitrogen and oxygen atoms in total. The first-order valence-corrected chi connectivity index (χ1v) is 12.7. The molecule has 0 spiro atoms. The predicted octanol–water partition coefficient (Wildman–Crippen LogP) is 4.93. The summed E-state index contributed by atoms with van der Waals surface area (Å²) in [4.78, 5) is 70.8. The Morgan fingerprint density at radius 3 is 2.08 bits per heavy atom. The van der Waals surface area contributed by atoms with E-state index in [0.717, 1.165) is 10.5 Å². The Morgan fingerprint density at radius 2 is 1.40 bits per heavy atom. The number of Topliss-reactive ketones (excluding diaryl/α,β-unsaturated/α-hetero) is 2. The molecule has 0 unspecified atom stereocenters. The number of non-ortho nitro benzene ring substituents is 1. The number of anilines is 1. The molecule has 1 amide bonds. The van der Waals surface area contributed by atoms with Gasteiger partial charge in [-0.2, -0.15) is 0 Å². The minimum absolute atomic E-state index is 0.0271. The monoisotopic (exact) mass is 610 g/mol. The summed E-state index contributed by atoms with van der Waals surface area (Å²) in [5.41, 5.74) is 0.743. The third-order valence-corrected chi connectivity index (χ3v) is 5.96. The van der Waals surface area contributed by atoms with Crippen molar-refractivity contribution in [1.29, 1.82) is 0 Å². The maximum atomic E-state index is 12.2. The summed E-state index contributed by atoms with van der Waals surface area (Å²) in [6.07, 6.45) is 0.195. The van der Waals surface area contributed by atoms with E-state index in [4.69, 9.17) is 9.47 Å². The van der Waals surface area contributed by atoms with Crippen molar-refractivity contribution in [1.82, 2.24) is 0 Å². The smallest absolute Gasteiger partial charge is 0.338 e. The number of nitro groups is 1. The second-order valence-electron chi connectivity index (χ2n) is 8.38. The SMILES string of the molecule is O=C(CCCC(=O)OCC(=O)c1ccc(Br)cc1)Nc1ccc(C(=O)OCC(=O)c2cccc([N+](=O)[O-])c2)cc1. The van der Waals surface area contributed by atoms with Crippen molar-refractivity contribution in [2.24, 2.45) is 0 Å². The maximum Gasteiger partial charge on any atom is 0.338 e. The number of carbonyl (C=O) groups excluding carboxylic acids is 5. The number of nitrogens with zero attached hydrogens (tertiary/aromatic N) is 1. The van der Waals surface area contributed by atoms with Gasteiger partial charge in [0.2, 0.25) is 11.7 Å². The van der Waals surface area contributed by atoms with Crippen molar-refractivity contribution in [3.63, 3.8) is 0 Å². The fourth-order valence-electron chi connectivity index (χ4n) is 3.33. The number of hydrogen-bond donors (Lipinski definition) is 1. The first kappa shape index (κ1) is 29.8. The zero-order valence-electron chi connectivity index (χ0n) is 21.0. The summed E-state index contributed by atoms with van der Waals surface area (Å²) in [6.45, 7) is -0.982. The van der Waals surface area contributed by atoms with E-state index in [0.29, 0.717) is 11.3 Å². The Balaban J connectivity index is 1.36. The average Bonchev–Trinajstić information content (AvgIpc) is 2.95. The number of amides is 1. The van der Waals surface area contributed by atoms with Gasteiger partial charge in [0.1, 0.15) is 0 Å². The lowest BCUT2D eigenvalue weighted by Crippen LogP contribution is -2.16. The van der Waals surface area contributed by atoms with Crippen LogP contribution < -0.4 is 5.32 Å². The Hall–Kier alpha value is -4.71. The van der Waals surface area contributed by atoms with Crippen molar-refractivity contribution in [3.05, 3.63) is 104 Å². The number of rotatable bonds is 13. The van der Waals surface area contributed by atoms with Crippen LogP contribution in [0.3, 0.4) is 0 Å². The van der Waals surface area contributed by atoms with Gasteiger partial charge in [0.15, 0.2) is 19.0 Å². The summed E-state index contributed by atoms with van der Waals surface area (Å²) in [7, 11) is 0. The van der Waals surface area contributed by atoms with Gasteiger partial charge in [-0.15, -0.1) is 0 Å². The average molecular weight is 611 g/mol. The fourth-order valence-corrected chi connectivity index (χ4v) is 3.60. The Morgan fingerprint density at radius 1 is 0.775 bits per heavy atom. The molecule has 0 aliphatic carbocycles. The molecule has 0 aliphatic heterocycles. The lowest BCUT2D eigenvalue weighted by atomic mass is 10.1. The van der Waals surface area contributed by atoms with Crippen LogP contribution in [0, 0.1) is 10.1 Å². The Labute approximate surface area is 236 Å². The lowest BCUT2D eigenvalue weighted by molar-refractivity contribution is -0.384. The number of carbonyl (C=O) groups is 5. The number of esters is 2. The summed E-state index contributed by atoms with van der Waals surface area (Å²) >= 11 is 3.28. The van der Waals surface area contributed by atoms with Crippen LogP contribution >= 0.6 is 15.9 Å². The molecule has 206 valence electrons. The van der Waals surface area contributed by atoms with E-state index in [1.807, 2.05) is 0 Å². The number of ketones is 2. The van der Waals surface area contributed by atoms with Gasteiger partial charge in [0, 0.05) is 46.3 Å². The fraction of sp³-hybridized carbons (Fsp3) is 0.179. The van der Waals surface area contributed by atoms with E-state index in [9.17, 15) is 34.1 Å². The minimum Gasteiger partial charge on any atom is -0.457 e. The van der Waals surface area contributed by atoms with Gasteiger partial charge in [0.25, 0.3) is 5.69 Å². The first-order chi connectivity index (χ1) is 19.1. The first-order valence-electron chi connectivity index (χ1n) is 11.9. The highest BCUT2D eigenvalue weighted by atomic mass is 79.9. The topological polar surface area (TPSA) is 159 Å². The van der Waals surface area contributed by atoms with Crippen LogP contribution in [-0.4, -0.2) is 47.5 Å². The summed E-state index contributed by atoms with van der Waals surface area (Å²) in [5, 5.41) is 13.5. The molecule has 40 heavy (non-hydrogen) atoms. The molecule has 0 saturated carbocycles. The van der Waals surface area contributed by atoms with E-state index in [1.54, 1.807) is 24.3 Å². The van der Waals surface area contributed by atoms with Crippen molar-refractivity contribution in [2.75, 3.05) is 18.5 Å². The zero-order chi connectivity index (χ0) is 29.1. The van der Waals surface area contributed by atoms with Gasteiger partial charge in [-0.1, -0.05) is 40.2 Å². The third-order valence-electron chi connectivity index (χ3n) is 5.43. The van der Waals surface area contributed by atoms with Gasteiger partial charge in [0.05, 0.1) is 10.5 Å². The maximum absolute atomic E-state index is 12.2. The molecular weight excluding hydrogens is 588 g/mol. The van der Waals surface area contributed by atoms with Crippen molar-refractivity contribution in [3.8, 4) is 0 Å². The molecule has 3 rings (SSSR count). The number of nitro benzene ring substituents is 1. The Kier molecular flexibility index (Phi) is 10.8. The number of nitrogens with one attached hydrogen (secondary N) is 1. The molecule has 1 N–H and O–H groups in total. The molecule has 3 aromatic carbocycles. The largest absolute Gasteiger partial charge is 0.457 e. The number of halogens is 1. The molecule has 0 radical (unpaired) electrons. The van der Waals surface area contributed by atoms with E-state index < -0.39 is 29.3 Å². The molecule has 0 aliphatic rings. The van der Waals surface area contributed by atoms with E-state index in [-0.39, 0.29) is 54.4 Å². The van der Waals surface area contributed by atoms with Crippen molar-refractivity contribution in [2.45, 2.75) is 19.3 Å². The predicted molar refractivity (Wildman–Crippen MR) is 146 cm³/mol. The summed E-state index contributed by atoms with van der Waals surface area (Å²) < 4.78 is 10.8. The van der Waals surface area contributed by atoms with E-state index in [2.05, 4.69) is 21.2 Å². The van der Waals surface area contributed by atoms with Crippen LogP contribution in [-0.2, 0) is 19.1 Å². The van der Waals surface area contributed by atoms with E-state index in [1.165, 1.54) is 42.5 Å². The van der Waals surface area contributed by atoms with E-state index >= 15 is 0 Å². The van der Waals surface area contributed by atoms with Crippen LogP contribution in [0.5, 0.6) is 0 Å². The van der Waals surface area contributed by atoms with Gasteiger partial charge >= 0.3 is 11.9 Å². The summed E-state index contributed by atoms with van der Waals surface area (Å²) in [5.74, 6) is -2.67. The second-order valence-corrected chi connectivity index (χ2v) is 9.29. The Bertz CT molecular complexity index is 1420. The molecule has 12 heteroatoms. The highest BCUT2D eigenvalue weighted by Crippen LogP contribution is 2.15. The summed E-state index contributed by atoms with van der Waals surface area (Å²) in [6, 6.07) is 17.5. The molecule has 0 aromatic heterocycles. The van der Waals surface area contributed by atoms with Crippen LogP contribution in [0.2, 0.25) is 0 Å². The molecule has 0 saturated heterocycles. The van der Waals surface area contributed by atoms with Gasteiger partial charge in [-0.05, 0) is 42.8 Å². The zero-order valence-corrected chi connectivity index (χ0v) is 22.5. The van der Waals surface area contributed by atoms with Crippen LogP contribution in [0.4, 0.5) is 11.4 Å². The number of ether oxygens (including phenoxy) is 2. The normalized spacial score (nSPS) is 10.3. The van der Waals surface area contributed by atoms with Crippen LogP contribution in [0.15, 0.2) is 77.3 Å². The van der Waals surface area contributed by atoms with Crippen LogP contribution in [0.25, 0.3) is 0 Å². The molecule has 0 fully saturated rings. The van der Waals surface area contributed by atoms with Crippen molar-refractivity contribution < 1.29 is 38.4 Å². The second kappa shape index (κ2) is 14.4. The number of benzene rings is 3. The quantitative estimate of drug-likeness (QED) is 0.122. The molecule has 0 bridgehead atoms. The molecule has 0 heterocycles. The van der Waals surface area contributed by atoms with Gasteiger partial charge < -0.3 is 14.8 Å². The minimum atomic E-state index is -0.784. The standard InChI is InChI=1S/C28H23BrN2O9/c29-21-11-7-18(8-12-21)24(32)16-39-27(35)6-2-5-26(34)30-22-13-9-19(10-14-22)28(36)40-17-25(33)20-3-1-4-23(15-20)31(37)38/h1,3-4,7-15H,2,5-6,16-17H2,(H,30,34). The lowest BCUT2D eigenvalue weighted by Gasteiger charge is -2.08. The van der Waals surface area contributed by atoms with Crippen molar-refractivity contribution >= 4 is 56.7 Å². The van der Waals surface area contributed by atoms with Crippen LogP contribution in [0.1, 0.15) is 50.3 Å². The van der Waals surface area contributed by atoms with Gasteiger partial charge in [-0.3, -0.25) is 29.3 Å². The van der Waals surface area contributed by atoms with Gasteiger partial charge in [-0.25, -0.2) is 4.79 Å². The highest BCUT2D eigenvalue weighted by molar-refractivity contribution is 9.10. The number of hydrogen-bond acceptors (Lipinski definition) is 9. The molecule has 3 aromatic rings. The third kappa shape index (κ3) is 9.24. The molecular formula is C28H23BrN2O9. The highest BCUT2D eigenvalue weighted by Gasteiger charge is 2.15. The molecule has 0 atom stereocenters.